The fraction of sp³-hybridized carbons (Fsp3) is 0.385. The Bertz CT molecular complexity index is 504. The van der Waals surface area contributed by atoms with Crippen molar-refractivity contribution < 1.29 is 10.0 Å². The first-order valence-electron chi connectivity index (χ1n) is 6.10. The number of hydrogen-bond donors (Lipinski definition) is 2. The summed E-state index contributed by atoms with van der Waals surface area (Å²) in [4.78, 5) is 15.2. The molecule has 2 rings (SSSR count). The second-order valence-corrected chi connectivity index (χ2v) is 5.23. The number of nitrogens with zero attached hydrogens (tertiary/aromatic N) is 2. The molecule has 19 heavy (non-hydrogen) atoms. The highest BCUT2D eigenvalue weighted by Crippen LogP contribution is 2.25. The van der Waals surface area contributed by atoms with E-state index in [0.717, 1.165) is 17.7 Å². The van der Waals surface area contributed by atoms with Crippen LogP contribution >= 0.6 is 11.8 Å². The van der Waals surface area contributed by atoms with Crippen molar-refractivity contribution in [3.8, 4) is 0 Å². The van der Waals surface area contributed by atoms with Gasteiger partial charge < -0.3 is 15.8 Å². The molecule has 5 nitrogen and oxygen atoms in total. The monoisotopic (exact) mass is 279 g/mol. The van der Waals surface area contributed by atoms with E-state index >= 15 is 0 Å². The van der Waals surface area contributed by atoms with E-state index in [9.17, 15) is 4.79 Å². The van der Waals surface area contributed by atoms with Crippen LogP contribution in [0.5, 0.6) is 0 Å². The van der Waals surface area contributed by atoms with Crippen molar-refractivity contribution in [1.82, 2.24) is 4.90 Å². The van der Waals surface area contributed by atoms with Crippen LogP contribution in [0.1, 0.15) is 23.2 Å². The number of likely N-dealkylation sites (tertiary alicyclic amines) is 1. The number of oxime groups is 1. The lowest BCUT2D eigenvalue weighted by Crippen LogP contribution is -2.44. The minimum absolute atomic E-state index is 0.0564. The zero-order chi connectivity index (χ0) is 13.8. The molecule has 0 radical (unpaired) electrons. The van der Waals surface area contributed by atoms with E-state index in [4.69, 9.17) is 10.9 Å². The minimum Gasteiger partial charge on any atom is -0.409 e. The molecule has 1 saturated heterocycles. The maximum Gasteiger partial charge on any atom is 0.255 e. The number of benzene rings is 1. The minimum atomic E-state index is -0.299. The molecule has 3 N–H and O–H groups in total. The third-order valence-electron chi connectivity index (χ3n) is 3.31. The summed E-state index contributed by atoms with van der Waals surface area (Å²) in [6.45, 7) is 0.641. The van der Waals surface area contributed by atoms with Crippen LogP contribution < -0.4 is 5.73 Å². The predicted octanol–water partition coefficient (Wildman–Crippen LogP) is 1.76. The van der Waals surface area contributed by atoms with E-state index in [1.807, 2.05) is 30.5 Å². The number of amides is 1. The standard InChI is InChI=1S/C13H17N3O2S/c1-19-11-7-3-2-5-9(11)13(17)16-8-4-6-10(16)12(14)15-18/h2-3,5,7,10,18H,4,6,8H2,1H3,(H2,14,15). The Hall–Kier alpha value is -1.69. The lowest BCUT2D eigenvalue weighted by Gasteiger charge is -2.24. The molecule has 0 aliphatic carbocycles. The largest absolute Gasteiger partial charge is 0.409 e. The van der Waals surface area contributed by atoms with E-state index < -0.39 is 0 Å². The van der Waals surface area contributed by atoms with Crippen molar-refractivity contribution in [2.75, 3.05) is 12.8 Å². The average Bonchev–Trinajstić information content (AvgIpc) is 2.95. The van der Waals surface area contributed by atoms with Crippen LogP contribution in [0.3, 0.4) is 0 Å². The molecule has 1 aliphatic heterocycles. The molecule has 0 saturated carbocycles. The molecule has 102 valence electrons. The van der Waals surface area contributed by atoms with Gasteiger partial charge in [0.2, 0.25) is 0 Å². The molecule has 1 fully saturated rings. The molecule has 1 aliphatic rings. The number of carbonyl (C=O) groups excluding carboxylic acids is 1. The molecule has 0 aromatic heterocycles. The topological polar surface area (TPSA) is 78.9 Å². The third-order valence-corrected chi connectivity index (χ3v) is 4.10. The van der Waals surface area contributed by atoms with Gasteiger partial charge in [0.1, 0.15) is 0 Å². The lowest BCUT2D eigenvalue weighted by atomic mass is 10.1. The van der Waals surface area contributed by atoms with Crippen molar-refractivity contribution in [3.63, 3.8) is 0 Å². The van der Waals surface area contributed by atoms with Gasteiger partial charge >= 0.3 is 0 Å². The van der Waals surface area contributed by atoms with Gasteiger partial charge in [0.05, 0.1) is 11.6 Å². The van der Waals surface area contributed by atoms with E-state index in [2.05, 4.69) is 5.16 Å². The molecule has 6 heteroatoms. The van der Waals surface area contributed by atoms with Crippen LogP contribution in [0.4, 0.5) is 0 Å². The summed E-state index contributed by atoms with van der Waals surface area (Å²) in [6.07, 6.45) is 3.55. The number of hydrogen-bond acceptors (Lipinski definition) is 4. The Morgan fingerprint density at radius 1 is 1.53 bits per heavy atom. The van der Waals surface area contributed by atoms with Gasteiger partial charge in [0.15, 0.2) is 5.84 Å². The van der Waals surface area contributed by atoms with Crippen molar-refractivity contribution >= 4 is 23.5 Å². The van der Waals surface area contributed by atoms with Crippen LogP contribution in [0, 0.1) is 0 Å². The average molecular weight is 279 g/mol. The summed E-state index contributed by atoms with van der Waals surface area (Å²) in [5.41, 5.74) is 6.33. The molecule has 1 heterocycles. The van der Waals surface area contributed by atoms with Crippen LogP contribution in [0.25, 0.3) is 0 Å². The predicted molar refractivity (Wildman–Crippen MR) is 75.7 cm³/mol. The van der Waals surface area contributed by atoms with Crippen molar-refractivity contribution in [2.24, 2.45) is 10.9 Å². The fourth-order valence-electron chi connectivity index (χ4n) is 2.36. The molecule has 0 bridgehead atoms. The van der Waals surface area contributed by atoms with E-state index in [-0.39, 0.29) is 17.8 Å². The van der Waals surface area contributed by atoms with Gasteiger partial charge in [0, 0.05) is 11.4 Å². The normalized spacial score (nSPS) is 19.7. The Morgan fingerprint density at radius 3 is 2.95 bits per heavy atom. The summed E-state index contributed by atoms with van der Waals surface area (Å²) in [7, 11) is 0. The molecule has 1 aromatic rings. The van der Waals surface area contributed by atoms with Gasteiger partial charge in [-0.2, -0.15) is 0 Å². The van der Waals surface area contributed by atoms with Crippen LogP contribution in [-0.4, -0.2) is 40.7 Å². The van der Waals surface area contributed by atoms with Gasteiger partial charge in [0.25, 0.3) is 5.91 Å². The molecule has 1 unspecified atom stereocenters. The van der Waals surface area contributed by atoms with Gasteiger partial charge in [-0.25, -0.2) is 0 Å². The van der Waals surface area contributed by atoms with Gasteiger partial charge in [-0.05, 0) is 31.2 Å². The SMILES string of the molecule is CSc1ccccc1C(=O)N1CCCC1C(N)=NO. The van der Waals surface area contributed by atoms with Crippen LogP contribution in [0.2, 0.25) is 0 Å². The Morgan fingerprint density at radius 2 is 2.26 bits per heavy atom. The van der Waals surface area contributed by atoms with Crippen molar-refractivity contribution in [3.05, 3.63) is 29.8 Å². The van der Waals surface area contributed by atoms with Crippen LogP contribution in [0.15, 0.2) is 34.3 Å². The Labute approximate surface area is 116 Å². The summed E-state index contributed by atoms with van der Waals surface area (Å²) in [5.74, 6) is 0.0477. The van der Waals surface area contributed by atoms with Crippen molar-refractivity contribution in [1.29, 1.82) is 0 Å². The Kier molecular flexibility index (Phi) is 4.31. The summed E-state index contributed by atoms with van der Waals surface area (Å²) >= 11 is 1.54. The zero-order valence-corrected chi connectivity index (χ0v) is 11.6. The van der Waals surface area contributed by atoms with Gasteiger partial charge in [-0.15, -0.1) is 11.8 Å². The maximum atomic E-state index is 12.6. The number of carbonyl (C=O) groups is 1. The van der Waals surface area contributed by atoms with Crippen molar-refractivity contribution in [2.45, 2.75) is 23.8 Å². The highest BCUT2D eigenvalue weighted by Gasteiger charge is 2.33. The van der Waals surface area contributed by atoms with E-state index in [1.165, 1.54) is 11.8 Å². The second kappa shape index (κ2) is 5.97. The fourth-order valence-corrected chi connectivity index (χ4v) is 2.95. The third kappa shape index (κ3) is 2.68. The second-order valence-electron chi connectivity index (χ2n) is 4.38. The summed E-state index contributed by atoms with van der Waals surface area (Å²) in [5, 5.41) is 11.8. The highest BCUT2D eigenvalue weighted by atomic mass is 32.2. The smallest absolute Gasteiger partial charge is 0.255 e. The van der Waals surface area contributed by atoms with E-state index in [1.54, 1.807) is 4.90 Å². The quantitative estimate of drug-likeness (QED) is 0.290. The molecule has 0 spiro atoms. The summed E-state index contributed by atoms with van der Waals surface area (Å²) in [6, 6.07) is 7.20. The first-order valence-corrected chi connectivity index (χ1v) is 7.33. The first-order chi connectivity index (χ1) is 9.19. The number of rotatable bonds is 3. The summed E-state index contributed by atoms with van der Waals surface area (Å²) < 4.78 is 0. The van der Waals surface area contributed by atoms with Gasteiger partial charge in [-0.3, -0.25) is 4.79 Å². The molecule has 1 atom stereocenters. The zero-order valence-electron chi connectivity index (χ0n) is 10.7. The van der Waals surface area contributed by atoms with Gasteiger partial charge in [-0.1, -0.05) is 17.3 Å². The maximum absolute atomic E-state index is 12.6. The molecular formula is C13H17N3O2S. The molecule has 1 aromatic carbocycles. The van der Waals surface area contributed by atoms with Crippen LogP contribution in [-0.2, 0) is 0 Å². The number of nitrogens with two attached hydrogens (primary N) is 1. The lowest BCUT2D eigenvalue weighted by molar-refractivity contribution is 0.0764. The highest BCUT2D eigenvalue weighted by molar-refractivity contribution is 7.98. The Balaban J connectivity index is 2.28. The number of thioether (sulfide) groups is 1. The molecule has 1 amide bonds. The molecular weight excluding hydrogens is 262 g/mol. The van der Waals surface area contributed by atoms with E-state index in [0.29, 0.717) is 12.1 Å². The first kappa shape index (κ1) is 13.7. The number of amidine groups is 1.